The number of alkyl halides is 3. The number of halogens is 3. The average molecular weight is 284 g/mol. The lowest BCUT2D eigenvalue weighted by atomic mass is 10.1. The smallest absolute Gasteiger partial charge is 0.399 e. The summed E-state index contributed by atoms with van der Waals surface area (Å²) in [4.78, 5) is 0. The summed E-state index contributed by atoms with van der Waals surface area (Å²) < 4.78 is 40.3. The van der Waals surface area contributed by atoms with Crippen LogP contribution in [0.3, 0.4) is 0 Å². The quantitative estimate of drug-likeness (QED) is 0.859. The summed E-state index contributed by atoms with van der Waals surface area (Å²) in [6.07, 6.45) is -4.44. The number of aromatic nitrogens is 3. The monoisotopic (exact) mass is 284 g/mol. The molecule has 2 N–H and O–H groups in total. The van der Waals surface area contributed by atoms with Gasteiger partial charge in [-0.1, -0.05) is 0 Å². The summed E-state index contributed by atoms with van der Waals surface area (Å²) in [5.74, 6) is 1.03. The van der Waals surface area contributed by atoms with Gasteiger partial charge in [-0.05, 0) is 39.0 Å². The average Bonchev–Trinajstić information content (AvgIpc) is 2.69. The molecular weight excluding hydrogens is 269 g/mol. The zero-order valence-electron chi connectivity index (χ0n) is 11.4. The van der Waals surface area contributed by atoms with Crippen molar-refractivity contribution in [3.05, 3.63) is 29.6 Å². The van der Waals surface area contributed by atoms with E-state index in [4.69, 9.17) is 5.73 Å². The molecule has 0 saturated carbocycles. The summed E-state index contributed by atoms with van der Waals surface area (Å²) in [6, 6.07) is 3.46. The van der Waals surface area contributed by atoms with E-state index in [-0.39, 0.29) is 11.7 Å². The van der Waals surface area contributed by atoms with Crippen LogP contribution in [0.4, 0.5) is 18.9 Å². The maximum Gasteiger partial charge on any atom is 0.416 e. The van der Waals surface area contributed by atoms with Crippen LogP contribution in [0.25, 0.3) is 11.4 Å². The van der Waals surface area contributed by atoms with Crippen LogP contribution in [0.1, 0.15) is 31.3 Å². The largest absolute Gasteiger partial charge is 0.416 e. The molecule has 0 fully saturated rings. The van der Waals surface area contributed by atoms with Crippen molar-refractivity contribution in [3.63, 3.8) is 0 Å². The molecule has 1 aromatic heterocycles. The van der Waals surface area contributed by atoms with Gasteiger partial charge in [0.25, 0.3) is 0 Å². The fraction of sp³-hybridized carbons (Fsp3) is 0.385. The predicted octanol–water partition coefficient (Wildman–Crippen LogP) is 3.44. The Morgan fingerprint density at radius 2 is 1.80 bits per heavy atom. The molecule has 7 heteroatoms. The third-order valence-corrected chi connectivity index (χ3v) is 2.92. The van der Waals surface area contributed by atoms with E-state index in [0.29, 0.717) is 17.2 Å². The third-order valence-electron chi connectivity index (χ3n) is 2.92. The second kappa shape index (κ2) is 4.81. The van der Waals surface area contributed by atoms with Crippen molar-refractivity contribution >= 4 is 5.69 Å². The van der Waals surface area contributed by atoms with Crippen molar-refractivity contribution in [2.24, 2.45) is 0 Å². The fourth-order valence-electron chi connectivity index (χ4n) is 2.13. The summed E-state index contributed by atoms with van der Waals surface area (Å²) in [7, 11) is 0. The van der Waals surface area contributed by atoms with Crippen LogP contribution in [0, 0.1) is 6.92 Å². The summed E-state index contributed by atoms with van der Waals surface area (Å²) >= 11 is 0. The standard InChI is InChI=1S/C13H15F3N4/c1-7(2)20-8(3)18-19-12(20)9-4-10(13(14,15)16)6-11(17)5-9/h4-7H,17H2,1-3H3. The highest BCUT2D eigenvalue weighted by Gasteiger charge is 2.31. The summed E-state index contributed by atoms with van der Waals surface area (Å²) in [6.45, 7) is 5.58. The Morgan fingerprint density at radius 1 is 1.15 bits per heavy atom. The van der Waals surface area contributed by atoms with Gasteiger partial charge in [-0.15, -0.1) is 10.2 Å². The lowest BCUT2D eigenvalue weighted by Gasteiger charge is -2.14. The number of nitrogens with two attached hydrogens (primary N) is 1. The molecule has 0 spiro atoms. The summed E-state index contributed by atoms with van der Waals surface area (Å²) in [5, 5.41) is 7.89. The van der Waals surface area contributed by atoms with E-state index in [2.05, 4.69) is 10.2 Å². The Labute approximate surface area is 114 Å². The lowest BCUT2D eigenvalue weighted by molar-refractivity contribution is -0.137. The number of rotatable bonds is 2. The maximum absolute atomic E-state index is 12.8. The molecule has 1 aromatic carbocycles. The van der Waals surface area contributed by atoms with Gasteiger partial charge in [0.05, 0.1) is 5.56 Å². The highest BCUT2D eigenvalue weighted by molar-refractivity contribution is 5.63. The molecule has 0 atom stereocenters. The van der Waals surface area contributed by atoms with Crippen molar-refractivity contribution in [3.8, 4) is 11.4 Å². The highest BCUT2D eigenvalue weighted by Crippen LogP contribution is 2.34. The van der Waals surface area contributed by atoms with E-state index < -0.39 is 11.7 Å². The van der Waals surface area contributed by atoms with Crippen molar-refractivity contribution in [1.29, 1.82) is 0 Å². The van der Waals surface area contributed by atoms with Gasteiger partial charge < -0.3 is 10.3 Å². The number of aryl methyl sites for hydroxylation is 1. The second-order valence-corrected chi connectivity index (χ2v) is 4.88. The van der Waals surface area contributed by atoms with Gasteiger partial charge >= 0.3 is 6.18 Å². The Morgan fingerprint density at radius 3 is 2.35 bits per heavy atom. The Bertz CT molecular complexity index is 629. The lowest BCUT2D eigenvalue weighted by Crippen LogP contribution is -2.08. The van der Waals surface area contributed by atoms with E-state index in [1.165, 1.54) is 6.07 Å². The normalized spacial score (nSPS) is 12.2. The molecule has 0 aliphatic rings. The first kappa shape index (κ1) is 14.4. The number of hydrogen-bond donors (Lipinski definition) is 1. The molecule has 0 saturated heterocycles. The van der Waals surface area contributed by atoms with Gasteiger partial charge in [0.2, 0.25) is 0 Å². The molecule has 0 amide bonds. The van der Waals surface area contributed by atoms with Crippen molar-refractivity contribution < 1.29 is 13.2 Å². The van der Waals surface area contributed by atoms with Gasteiger partial charge in [0, 0.05) is 17.3 Å². The molecule has 108 valence electrons. The number of benzene rings is 1. The predicted molar refractivity (Wildman–Crippen MR) is 70.0 cm³/mol. The molecule has 1 heterocycles. The molecule has 0 aliphatic carbocycles. The van der Waals surface area contributed by atoms with Crippen molar-refractivity contribution in [2.75, 3.05) is 5.73 Å². The van der Waals surface area contributed by atoms with Crippen LogP contribution >= 0.6 is 0 Å². The maximum atomic E-state index is 12.8. The van der Waals surface area contributed by atoms with Gasteiger partial charge in [-0.2, -0.15) is 13.2 Å². The molecule has 4 nitrogen and oxygen atoms in total. The van der Waals surface area contributed by atoms with E-state index >= 15 is 0 Å². The highest BCUT2D eigenvalue weighted by atomic mass is 19.4. The second-order valence-electron chi connectivity index (χ2n) is 4.88. The van der Waals surface area contributed by atoms with Gasteiger partial charge in [0.1, 0.15) is 5.82 Å². The van der Waals surface area contributed by atoms with Gasteiger partial charge in [-0.3, -0.25) is 0 Å². The number of nitrogen functional groups attached to an aromatic ring is 1. The van der Waals surface area contributed by atoms with Crippen molar-refractivity contribution in [1.82, 2.24) is 14.8 Å². The minimum atomic E-state index is -4.44. The molecule has 0 bridgehead atoms. The van der Waals surface area contributed by atoms with E-state index in [1.54, 1.807) is 11.5 Å². The minimum Gasteiger partial charge on any atom is -0.399 e. The van der Waals surface area contributed by atoms with Crippen LogP contribution < -0.4 is 5.73 Å². The van der Waals surface area contributed by atoms with Crippen LogP contribution in [0.5, 0.6) is 0 Å². The number of nitrogens with zero attached hydrogens (tertiary/aromatic N) is 3. The molecule has 0 radical (unpaired) electrons. The third kappa shape index (κ3) is 2.61. The molecule has 0 unspecified atom stereocenters. The molecule has 0 aliphatic heterocycles. The van der Waals surface area contributed by atoms with E-state index in [1.807, 2.05) is 13.8 Å². The summed E-state index contributed by atoms with van der Waals surface area (Å²) in [5.41, 5.74) is 5.14. The van der Waals surface area contributed by atoms with E-state index in [9.17, 15) is 13.2 Å². The molecular formula is C13H15F3N4. The van der Waals surface area contributed by atoms with Gasteiger partial charge in [0.15, 0.2) is 5.82 Å². The SMILES string of the molecule is Cc1nnc(-c2cc(N)cc(C(F)(F)F)c2)n1C(C)C. The molecule has 20 heavy (non-hydrogen) atoms. The van der Waals surface area contributed by atoms with Crippen LogP contribution in [0.15, 0.2) is 18.2 Å². The Hall–Kier alpha value is -2.05. The molecule has 2 rings (SSSR count). The fourth-order valence-corrected chi connectivity index (χ4v) is 2.13. The zero-order valence-corrected chi connectivity index (χ0v) is 11.4. The number of hydrogen-bond acceptors (Lipinski definition) is 3. The topological polar surface area (TPSA) is 56.7 Å². The van der Waals surface area contributed by atoms with Crippen LogP contribution in [-0.4, -0.2) is 14.8 Å². The Kier molecular flexibility index (Phi) is 3.45. The van der Waals surface area contributed by atoms with Gasteiger partial charge in [-0.25, -0.2) is 0 Å². The van der Waals surface area contributed by atoms with Crippen molar-refractivity contribution in [2.45, 2.75) is 33.0 Å². The van der Waals surface area contributed by atoms with E-state index in [0.717, 1.165) is 12.1 Å². The first-order valence-electron chi connectivity index (χ1n) is 6.09. The first-order valence-corrected chi connectivity index (χ1v) is 6.09. The zero-order chi connectivity index (χ0) is 15.1. The van der Waals surface area contributed by atoms with Crippen LogP contribution in [-0.2, 0) is 6.18 Å². The number of anilines is 1. The molecule has 2 aromatic rings. The Balaban J connectivity index is 2.62. The van der Waals surface area contributed by atoms with Crippen LogP contribution in [0.2, 0.25) is 0 Å². The first-order chi connectivity index (χ1) is 9.20. The minimum absolute atomic E-state index is 0.0377.